The predicted molar refractivity (Wildman–Crippen MR) is 122 cm³/mol. The molecular formula is C21H21ClN2O5S2. The maximum Gasteiger partial charge on any atom is 0.285 e. The van der Waals surface area contributed by atoms with Crippen molar-refractivity contribution in [3.63, 3.8) is 0 Å². The van der Waals surface area contributed by atoms with Crippen LogP contribution in [0.3, 0.4) is 0 Å². The molecule has 2 saturated heterocycles. The van der Waals surface area contributed by atoms with Gasteiger partial charge in [0.1, 0.15) is 11.5 Å². The molecule has 0 saturated carbocycles. The molecule has 0 spiro atoms. The molecule has 10 heteroatoms. The number of amides is 1. The molecule has 0 aliphatic carbocycles. The van der Waals surface area contributed by atoms with Gasteiger partial charge in [0, 0.05) is 16.8 Å². The highest BCUT2D eigenvalue weighted by Gasteiger charge is 2.48. The van der Waals surface area contributed by atoms with E-state index in [1.807, 2.05) is 29.2 Å². The van der Waals surface area contributed by atoms with Crippen LogP contribution in [-0.4, -0.2) is 60.9 Å². The van der Waals surface area contributed by atoms with E-state index in [4.69, 9.17) is 21.1 Å². The Morgan fingerprint density at radius 3 is 2.48 bits per heavy atom. The van der Waals surface area contributed by atoms with Crippen LogP contribution in [0.15, 0.2) is 53.5 Å². The normalized spacial score (nSPS) is 23.0. The highest BCUT2D eigenvalue weighted by atomic mass is 35.5. The molecule has 164 valence electrons. The van der Waals surface area contributed by atoms with Crippen molar-refractivity contribution in [2.45, 2.75) is 17.8 Å². The van der Waals surface area contributed by atoms with Crippen molar-refractivity contribution >= 4 is 44.3 Å². The zero-order valence-corrected chi connectivity index (χ0v) is 19.1. The van der Waals surface area contributed by atoms with E-state index < -0.39 is 15.7 Å². The molecule has 2 heterocycles. The third-order valence-corrected chi connectivity index (χ3v) is 8.58. The molecule has 0 N–H and O–H groups in total. The molecule has 1 amide bonds. The zero-order valence-electron chi connectivity index (χ0n) is 16.7. The Kier molecular flexibility index (Phi) is 6.45. The fraction of sp³-hybridized carbons (Fsp3) is 0.333. The van der Waals surface area contributed by atoms with E-state index in [1.165, 1.54) is 11.8 Å². The van der Waals surface area contributed by atoms with Crippen molar-refractivity contribution in [2.75, 3.05) is 25.2 Å². The molecule has 4 rings (SSSR count). The maximum absolute atomic E-state index is 12.5. The van der Waals surface area contributed by atoms with Crippen molar-refractivity contribution in [1.82, 2.24) is 4.90 Å². The molecule has 2 aromatic carbocycles. The molecule has 0 unspecified atom stereocenters. The number of rotatable bonds is 6. The third kappa shape index (κ3) is 5.34. The summed E-state index contributed by atoms with van der Waals surface area (Å²) in [6.45, 7) is 0.244. The van der Waals surface area contributed by atoms with Crippen LogP contribution in [0.1, 0.15) is 5.56 Å². The van der Waals surface area contributed by atoms with Crippen LogP contribution in [0, 0.1) is 0 Å². The topological polar surface area (TPSA) is 85.3 Å². The molecule has 2 aliphatic heterocycles. The first-order chi connectivity index (χ1) is 14.8. The summed E-state index contributed by atoms with van der Waals surface area (Å²) < 4.78 is 35.0. The van der Waals surface area contributed by atoms with Crippen LogP contribution >= 0.6 is 23.4 Å². The van der Waals surface area contributed by atoms with E-state index in [1.54, 1.807) is 31.4 Å². The number of ether oxygens (including phenoxy) is 2. The van der Waals surface area contributed by atoms with Gasteiger partial charge in [0.15, 0.2) is 21.6 Å². The van der Waals surface area contributed by atoms with Gasteiger partial charge in [0.05, 0.1) is 24.7 Å². The van der Waals surface area contributed by atoms with Gasteiger partial charge in [0.25, 0.3) is 5.91 Å². The summed E-state index contributed by atoms with van der Waals surface area (Å²) in [5, 5.41) is 0.981. The van der Waals surface area contributed by atoms with Crippen molar-refractivity contribution < 1.29 is 22.7 Å². The van der Waals surface area contributed by atoms with Crippen LogP contribution < -0.4 is 9.47 Å². The average molecular weight is 481 g/mol. The van der Waals surface area contributed by atoms with E-state index in [-0.39, 0.29) is 29.4 Å². The van der Waals surface area contributed by atoms with Crippen molar-refractivity contribution in [2.24, 2.45) is 4.99 Å². The second kappa shape index (κ2) is 9.10. The Hall–Kier alpha value is -2.23. The average Bonchev–Trinajstić information content (AvgIpc) is 3.20. The highest BCUT2D eigenvalue weighted by molar-refractivity contribution is 8.15. The lowest BCUT2D eigenvalue weighted by Crippen LogP contribution is -2.37. The Bertz CT molecular complexity index is 1090. The Balaban J connectivity index is 1.49. The molecule has 0 bridgehead atoms. The lowest BCUT2D eigenvalue weighted by molar-refractivity contribution is -0.119. The van der Waals surface area contributed by atoms with E-state index in [0.717, 1.165) is 11.3 Å². The fourth-order valence-electron chi connectivity index (χ4n) is 3.56. The summed E-state index contributed by atoms with van der Waals surface area (Å²) >= 11 is 7.20. The molecule has 2 atom stereocenters. The van der Waals surface area contributed by atoms with Gasteiger partial charge in [-0.05, 0) is 42.0 Å². The van der Waals surface area contributed by atoms with Crippen LogP contribution in [0.5, 0.6) is 11.5 Å². The van der Waals surface area contributed by atoms with Crippen LogP contribution in [0.2, 0.25) is 5.02 Å². The van der Waals surface area contributed by atoms with Gasteiger partial charge in [-0.1, -0.05) is 35.5 Å². The van der Waals surface area contributed by atoms with Crippen molar-refractivity contribution in [3.05, 3.63) is 59.1 Å². The summed E-state index contributed by atoms with van der Waals surface area (Å²) in [5.41, 5.74) is 0.976. The van der Waals surface area contributed by atoms with Gasteiger partial charge in [-0.15, -0.1) is 0 Å². The molecule has 0 aromatic heterocycles. The summed E-state index contributed by atoms with van der Waals surface area (Å²) in [5.74, 6) is 0.991. The largest absolute Gasteiger partial charge is 0.497 e. The summed E-state index contributed by atoms with van der Waals surface area (Å²) in [6.07, 6.45) is 0. The zero-order chi connectivity index (χ0) is 22.0. The second-order valence-corrected chi connectivity index (χ2v) is 11.1. The Morgan fingerprint density at radius 1 is 1.13 bits per heavy atom. The lowest BCUT2D eigenvalue weighted by atomic mass is 10.1. The number of hydrogen-bond donors (Lipinski definition) is 0. The minimum absolute atomic E-state index is 0.0648. The van der Waals surface area contributed by atoms with Gasteiger partial charge in [-0.2, -0.15) is 4.99 Å². The molecule has 2 fully saturated rings. The number of fused-ring (bicyclic) bond motifs is 1. The second-order valence-electron chi connectivity index (χ2n) is 7.31. The van der Waals surface area contributed by atoms with Crippen LogP contribution in [0.25, 0.3) is 0 Å². The molecule has 0 radical (unpaired) electrons. The third-order valence-electron chi connectivity index (χ3n) is 5.08. The Labute approximate surface area is 190 Å². The number of thioether (sulfide) groups is 1. The number of methoxy groups -OCH3 is 1. The highest BCUT2D eigenvalue weighted by Crippen LogP contribution is 2.39. The number of sulfone groups is 1. The SMILES string of the molecule is COc1ccc(CN2C(=NC(=O)COc3ccc(Cl)cc3)S[C@@H]3CS(=O)(=O)C[C@@H]32)cc1. The van der Waals surface area contributed by atoms with Gasteiger partial charge in [-0.3, -0.25) is 4.79 Å². The Morgan fingerprint density at radius 2 is 1.81 bits per heavy atom. The van der Waals surface area contributed by atoms with Crippen LogP contribution in [-0.2, 0) is 21.2 Å². The summed E-state index contributed by atoms with van der Waals surface area (Å²) in [6, 6.07) is 14.0. The van der Waals surface area contributed by atoms with E-state index >= 15 is 0 Å². The number of benzene rings is 2. The fourth-order valence-corrected chi connectivity index (χ4v) is 7.66. The minimum atomic E-state index is -3.10. The minimum Gasteiger partial charge on any atom is -0.497 e. The first kappa shape index (κ1) is 22.0. The molecule has 2 aromatic rings. The predicted octanol–water partition coefficient (Wildman–Crippen LogP) is 3.02. The van der Waals surface area contributed by atoms with Crippen LogP contribution in [0.4, 0.5) is 0 Å². The number of halogens is 1. The molecule has 7 nitrogen and oxygen atoms in total. The first-order valence-corrected chi connectivity index (χ1v) is 12.7. The standard InChI is InChI=1S/C21H21ClN2O5S2/c1-28-16-6-2-14(3-7-16)10-24-18-12-31(26,27)13-19(18)30-21(24)23-20(25)11-29-17-8-4-15(22)5-9-17/h2-9,18-19H,10-13H2,1H3/t18-,19+/m0/s1. The molecular weight excluding hydrogens is 460 g/mol. The van der Waals surface area contributed by atoms with E-state index in [9.17, 15) is 13.2 Å². The van der Waals surface area contributed by atoms with Gasteiger partial charge in [0.2, 0.25) is 0 Å². The van der Waals surface area contributed by atoms with Gasteiger partial charge in [-0.25, -0.2) is 8.42 Å². The summed E-state index contributed by atoms with van der Waals surface area (Å²) in [4.78, 5) is 18.6. The molecule has 2 aliphatic rings. The quantitative estimate of drug-likeness (QED) is 0.628. The number of aliphatic imine (C=N–C) groups is 1. The number of nitrogens with zero attached hydrogens (tertiary/aromatic N) is 2. The smallest absolute Gasteiger partial charge is 0.285 e. The lowest BCUT2D eigenvalue weighted by Gasteiger charge is -2.24. The monoisotopic (exact) mass is 480 g/mol. The van der Waals surface area contributed by atoms with Crippen molar-refractivity contribution in [3.8, 4) is 11.5 Å². The van der Waals surface area contributed by atoms with Gasteiger partial charge < -0.3 is 14.4 Å². The number of hydrogen-bond acceptors (Lipinski definition) is 6. The first-order valence-electron chi connectivity index (χ1n) is 9.59. The maximum atomic E-state index is 12.5. The van der Waals surface area contributed by atoms with E-state index in [0.29, 0.717) is 22.5 Å². The van der Waals surface area contributed by atoms with Crippen molar-refractivity contribution in [1.29, 1.82) is 0 Å². The summed E-state index contributed by atoms with van der Waals surface area (Å²) in [7, 11) is -1.50. The number of amidine groups is 1. The van der Waals surface area contributed by atoms with E-state index in [2.05, 4.69) is 4.99 Å². The molecule has 31 heavy (non-hydrogen) atoms. The van der Waals surface area contributed by atoms with Gasteiger partial charge >= 0.3 is 0 Å². The number of carbonyl (C=O) groups excluding carboxylic acids is 1. The number of carbonyl (C=O) groups is 1.